The van der Waals surface area contributed by atoms with Gasteiger partial charge in [0.15, 0.2) is 5.82 Å². The molecule has 6 nitrogen and oxygen atoms in total. The lowest BCUT2D eigenvalue weighted by atomic mass is 10.2. The summed E-state index contributed by atoms with van der Waals surface area (Å²) in [4.78, 5) is 11.9. The van der Waals surface area contributed by atoms with Crippen LogP contribution < -0.4 is 10.6 Å². The molecule has 1 amide bonds. The van der Waals surface area contributed by atoms with Crippen molar-refractivity contribution in [2.75, 3.05) is 18.9 Å². The fourth-order valence-electron chi connectivity index (χ4n) is 2.90. The van der Waals surface area contributed by atoms with Crippen LogP contribution in [-0.2, 0) is 17.8 Å². The highest BCUT2D eigenvalue weighted by Crippen LogP contribution is 2.24. The normalized spacial score (nSPS) is 14.1. The lowest BCUT2D eigenvalue weighted by Crippen LogP contribution is -2.18. The molecule has 2 heterocycles. The standard InChI is InChI=1S/C17H23N5O/c1-18-10-9-16(23)19-14-7-5-6-13(12-14)17-21-20-15-8-3-2-4-11-22(15)17/h5-7,12,18H,2-4,8-11H2,1H3,(H,19,23). The van der Waals surface area contributed by atoms with E-state index < -0.39 is 0 Å². The van der Waals surface area contributed by atoms with Crippen molar-refractivity contribution in [3.63, 3.8) is 0 Å². The molecule has 0 spiro atoms. The summed E-state index contributed by atoms with van der Waals surface area (Å²) in [5.41, 5.74) is 1.80. The molecule has 23 heavy (non-hydrogen) atoms. The van der Waals surface area contributed by atoms with E-state index in [4.69, 9.17) is 0 Å². The van der Waals surface area contributed by atoms with Gasteiger partial charge in [-0.05, 0) is 32.0 Å². The van der Waals surface area contributed by atoms with Gasteiger partial charge in [0.1, 0.15) is 5.82 Å². The number of aryl methyl sites for hydroxylation is 1. The molecule has 1 aromatic carbocycles. The number of aromatic nitrogens is 3. The van der Waals surface area contributed by atoms with Crippen molar-refractivity contribution in [2.45, 2.75) is 38.6 Å². The van der Waals surface area contributed by atoms with Crippen LogP contribution in [0.2, 0.25) is 0 Å². The van der Waals surface area contributed by atoms with E-state index in [9.17, 15) is 4.79 Å². The Bertz CT molecular complexity index is 679. The highest BCUT2D eigenvalue weighted by Gasteiger charge is 2.16. The summed E-state index contributed by atoms with van der Waals surface area (Å²) in [5, 5.41) is 14.6. The molecule has 6 heteroatoms. The molecule has 0 radical (unpaired) electrons. The Morgan fingerprint density at radius 1 is 1.26 bits per heavy atom. The van der Waals surface area contributed by atoms with Gasteiger partial charge in [0.25, 0.3) is 0 Å². The molecule has 0 saturated heterocycles. The molecule has 0 fully saturated rings. The summed E-state index contributed by atoms with van der Waals surface area (Å²) in [6.07, 6.45) is 5.04. The number of carbonyl (C=O) groups is 1. The van der Waals surface area contributed by atoms with E-state index in [1.54, 1.807) is 0 Å². The number of fused-ring (bicyclic) bond motifs is 1. The van der Waals surface area contributed by atoms with Crippen molar-refractivity contribution in [1.82, 2.24) is 20.1 Å². The van der Waals surface area contributed by atoms with E-state index in [0.717, 1.165) is 35.9 Å². The van der Waals surface area contributed by atoms with Gasteiger partial charge in [0.05, 0.1) is 0 Å². The summed E-state index contributed by atoms with van der Waals surface area (Å²) in [6, 6.07) is 7.84. The molecular formula is C17H23N5O. The molecule has 0 unspecified atom stereocenters. The molecule has 1 aliphatic rings. The molecule has 0 bridgehead atoms. The minimum absolute atomic E-state index is 0.0107. The van der Waals surface area contributed by atoms with E-state index in [2.05, 4.69) is 25.4 Å². The quantitative estimate of drug-likeness (QED) is 0.888. The van der Waals surface area contributed by atoms with Crippen LogP contribution in [0.1, 0.15) is 31.5 Å². The maximum atomic E-state index is 11.9. The summed E-state index contributed by atoms with van der Waals surface area (Å²) in [7, 11) is 1.84. The zero-order chi connectivity index (χ0) is 16.1. The predicted molar refractivity (Wildman–Crippen MR) is 90.2 cm³/mol. The molecular weight excluding hydrogens is 290 g/mol. The van der Waals surface area contributed by atoms with Crippen molar-refractivity contribution < 1.29 is 4.79 Å². The lowest BCUT2D eigenvalue weighted by Gasteiger charge is -2.09. The maximum absolute atomic E-state index is 11.9. The monoisotopic (exact) mass is 313 g/mol. The Morgan fingerprint density at radius 2 is 2.17 bits per heavy atom. The Hall–Kier alpha value is -2.21. The van der Waals surface area contributed by atoms with Gasteiger partial charge in [-0.25, -0.2) is 0 Å². The molecule has 0 atom stereocenters. The van der Waals surface area contributed by atoms with Crippen molar-refractivity contribution in [2.24, 2.45) is 0 Å². The summed E-state index contributed by atoms with van der Waals surface area (Å²) < 4.78 is 2.22. The van der Waals surface area contributed by atoms with Crippen molar-refractivity contribution >= 4 is 11.6 Å². The van der Waals surface area contributed by atoms with E-state index in [1.165, 1.54) is 19.3 Å². The second-order valence-corrected chi connectivity index (χ2v) is 5.88. The van der Waals surface area contributed by atoms with Crippen LogP contribution >= 0.6 is 0 Å². The van der Waals surface area contributed by atoms with Gasteiger partial charge in [-0.1, -0.05) is 18.6 Å². The molecule has 3 rings (SSSR count). The Morgan fingerprint density at radius 3 is 3.04 bits per heavy atom. The van der Waals surface area contributed by atoms with Crippen LogP contribution in [0, 0.1) is 0 Å². The highest BCUT2D eigenvalue weighted by atomic mass is 16.1. The van der Waals surface area contributed by atoms with Gasteiger partial charge < -0.3 is 15.2 Å². The highest BCUT2D eigenvalue weighted by molar-refractivity contribution is 5.91. The van der Waals surface area contributed by atoms with Crippen LogP contribution in [0.25, 0.3) is 11.4 Å². The van der Waals surface area contributed by atoms with Crippen LogP contribution in [-0.4, -0.2) is 34.3 Å². The third-order valence-corrected chi connectivity index (χ3v) is 4.12. The van der Waals surface area contributed by atoms with Gasteiger partial charge in [0.2, 0.25) is 5.91 Å². The first-order chi connectivity index (χ1) is 11.3. The summed E-state index contributed by atoms with van der Waals surface area (Å²) >= 11 is 0. The van der Waals surface area contributed by atoms with E-state index in [1.807, 2.05) is 31.3 Å². The Balaban J connectivity index is 1.80. The smallest absolute Gasteiger partial charge is 0.225 e. The third kappa shape index (κ3) is 3.76. The first-order valence-corrected chi connectivity index (χ1v) is 8.25. The molecule has 122 valence electrons. The summed E-state index contributed by atoms with van der Waals surface area (Å²) in [6.45, 7) is 1.64. The second kappa shape index (κ2) is 7.37. The number of rotatable bonds is 5. The fourth-order valence-corrected chi connectivity index (χ4v) is 2.90. The summed E-state index contributed by atoms with van der Waals surface area (Å²) in [5.74, 6) is 1.98. The Kier molecular flexibility index (Phi) is 5.02. The van der Waals surface area contributed by atoms with Gasteiger partial charge in [0, 0.05) is 37.2 Å². The predicted octanol–water partition coefficient (Wildman–Crippen LogP) is 2.22. The number of carbonyl (C=O) groups excluding carboxylic acids is 1. The minimum Gasteiger partial charge on any atom is -0.326 e. The maximum Gasteiger partial charge on any atom is 0.225 e. The van der Waals surface area contributed by atoms with E-state index in [-0.39, 0.29) is 5.91 Å². The number of hydrogen-bond donors (Lipinski definition) is 2. The van der Waals surface area contributed by atoms with Crippen molar-refractivity contribution in [3.8, 4) is 11.4 Å². The molecule has 2 aromatic rings. The molecule has 0 saturated carbocycles. The first kappa shape index (κ1) is 15.7. The number of nitrogens with one attached hydrogen (secondary N) is 2. The fraction of sp³-hybridized carbons (Fsp3) is 0.471. The number of hydrogen-bond acceptors (Lipinski definition) is 4. The van der Waals surface area contributed by atoms with Gasteiger partial charge in [-0.15, -0.1) is 10.2 Å². The van der Waals surface area contributed by atoms with E-state index >= 15 is 0 Å². The molecule has 1 aliphatic heterocycles. The number of anilines is 1. The average Bonchev–Trinajstić information content (AvgIpc) is 2.82. The largest absolute Gasteiger partial charge is 0.326 e. The number of benzene rings is 1. The number of amides is 1. The van der Waals surface area contributed by atoms with Crippen LogP contribution in [0.4, 0.5) is 5.69 Å². The van der Waals surface area contributed by atoms with Crippen molar-refractivity contribution in [1.29, 1.82) is 0 Å². The van der Waals surface area contributed by atoms with Crippen molar-refractivity contribution in [3.05, 3.63) is 30.1 Å². The minimum atomic E-state index is 0.0107. The molecule has 1 aromatic heterocycles. The third-order valence-electron chi connectivity index (χ3n) is 4.12. The lowest BCUT2D eigenvalue weighted by molar-refractivity contribution is -0.116. The topological polar surface area (TPSA) is 71.8 Å². The average molecular weight is 313 g/mol. The van der Waals surface area contributed by atoms with Gasteiger partial charge >= 0.3 is 0 Å². The number of nitrogens with zero attached hydrogens (tertiary/aromatic N) is 3. The molecule has 2 N–H and O–H groups in total. The Labute approximate surface area is 136 Å². The first-order valence-electron chi connectivity index (χ1n) is 8.25. The van der Waals surface area contributed by atoms with Crippen LogP contribution in [0.3, 0.4) is 0 Å². The zero-order valence-electron chi connectivity index (χ0n) is 13.5. The van der Waals surface area contributed by atoms with Crippen LogP contribution in [0.15, 0.2) is 24.3 Å². The second-order valence-electron chi connectivity index (χ2n) is 5.88. The zero-order valence-corrected chi connectivity index (χ0v) is 13.5. The molecule has 0 aliphatic carbocycles. The SMILES string of the molecule is CNCCC(=O)Nc1cccc(-c2nnc3n2CCCCC3)c1. The van der Waals surface area contributed by atoms with E-state index in [0.29, 0.717) is 13.0 Å². The van der Waals surface area contributed by atoms with Gasteiger partial charge in [-0.2, -0.15) is 0 Å². The van der Waals surface area contributed by atoms with Gasteiger partial charge in [-0.3, -0.25) is 4.79 Å². The van der Waals surface area contributed by atoms with Crippen LogP contribution in [0.5, 0.6) is 0 Å².